The van der Waals surface area contributed by atoms with E-state index in [4.69, 9.17) is 32.8 Å². The first-order valence-electron chi connectivity index (χ1n) is 18.5. The summed E-state index contributed by atoms with van der Waals surface area (Å²) in [7, 11) is 0. The van der Waals surface area contributed by atoms with Crippen molar-refractivity contribution in [2.24, 2.45) is 33.8 Å². The number of carbonyl (C=O) groups is 8. The Labute approximate surface area is 332 Å². The molecule has 17 N–H and O–H groups in total. The van der Waals surface area contributed by atoms with E-state index in [1.807, 2.05) is 0 Å². The molecule has 22 nitrogen and oxygen atoms in total. The average molecular weight is 842 g/mol. The number of alkyl halides is 3. The molecule has 1 aliphatic rings. The number of hydrogen-bond acceptors (Lipinski definition) is 12. The lowest BCUT2D eigenvalue weighted by atomic mass is 10.0. The molecular formula is C33H58F3N11O11. The Hall–Kier alpha value is -5.30. The smallest absolute Gasteiger partial charge is 0.481 e. The highest BCUT2D eigenvalue weighted by molar-refractivity contribution is 5.99. The van der Waals surface area contributed by atoms with E-state index in [-0.39, 0.29) is 63.6 Å². The molecule has 0 aromatic heterocycles. The number of hydrogen-bond donors (Lipinski definition) is 13. The molecular weight excluding hydrogens is 783 g/mol. The number of unbranched alkanes of at least 4 members (excludes halogenated alkanes) is 2. The normalized spacial score (nSPS) is 22.6. The molecule has 0 unspecified atom stereocenters. The Morgan fingerprint density at radius 2 is 0.983 bits per heavy atom. The number of halogens is 3. The van der Waals surface area contributed by atoms with E-state index in [0.29, 0.717) is 25.7 Å². The van der Waals surface area contributed by atoms with Gasteiger partial charge in [-0.2, -0.15) is 13.2 Å². The van der Waals surface area contributed by atoms with E-state index in [1.54, 1.807) is 13.8 Å². The average Bonchev–Trinajstić information content (AvgIpc) is 3.12. The highest BCUT2D eigenvalue weighted by Crippen LogP contribution is 2.13. The quantitative estimate of drug-likeness (QED) is 0.0382. The molecule has 0 spiro atoms. The molecule has 1 saturated heterocycles. The van der Waals surface area contributed by atoms with Crippen LogP contribution in [0.25, 0.3) is 0 Å². The minimum Gasteiger partial charge on any atom is -0.481 e. The first-order valence-corrected chi connectivity index (χ1v) is 18.5. The Morgan fingerprint density at radius 3 is 1.34 bits per heavy atom. The van der Waals surface area contributed by atoms with Crippen LogP contribution in [-0.4, -0.2) is 137 Å². The van der Waals surface area contributed by atoms with Crippen molar-refractivity contribution < 1.29 is 66.8 Å². The first-order chi connectivity index (χ1) is 27.1. The van der Waals surface area contributed by atoms with Gasteiger partial charge in [0.1, 0.15) is 36.3 Å². The van der Waals surface area contributed by atoms with Crippen LogP contribution in [-0.2, 0) is 38.4 Å². The number of nitrogens with zero attached hydrogens (tertiary/aromatic N) is 1. The Bertz CT molecular complexity index is 1420. The maximum absolute atomic E-state index is 13.7. The predicted octanol–water partition coefficient (Wildman–Crippen LogP) is -3.63. The zero-order valence-electron chi connectivity index (χ0n) is 32.4. The number of carbonyl (C=O) groups excluding carboxylic acids is 6. The fraction of sp³-hybridized carbons (Fsp3) is 0.727. The highest BCUT2D eigenvalue weighted by atomic mass is 19.4. The molecule has 0 bridgehead atoms. The number of aliphatic imine (C=N–C) groups is 1. The molecule has 58 heavy (non-hydrogen) atoms. The van der Waals surface area contributed by atoms with Crippen molar-refractivity contribution in [2.45, 2.75) is 120 Å². The zero-order chi connectivity index (χ0) is 44.6. The second kappa shape index (κ2) is 27.4. The molecule has 1 fully saturated rings. The van der Waals surface area contributed by atoms with Gasteiger partial charge in [0.25, 0.3) is 0 Å². The van der Waals surface area contributed by atoms with E-state index in [0.717, 1.165) is 0 Å². The first kappa shape index (κ1) is 52.7. The van der Waals surface area contributed by atoms with E-state index in [9.17, 15) is 56.9 Å². The molecule has 0 aromatic rings. The van der Waals surface area contributed by atoms with Crippen LogP contribution in [0.4, 0.5) is 13.2 Å². The predicted molar refractivity (Wildman–Crippen MR) is 200 cm³/mol. The van der Waals surface area contributed by atoms with Gasteiger partial charge in [0, 0.05) is 6.54 Å². The van der Waals surface area contributed by atoms with E-state index in [1.165, 1.54) is 0 Å². The van der Waals surface area contributed by atoms with Gasteiger partial charge in [-0.25, -0.2) is 4.79 Å². The van der Waals surface area contributed by atoms with Crippen LogP contribution in [0.1, 0.15) is 78.1 Å². The summed E-state index contributed by atoms with van der Waals surface area (Å²) in [5.41, 5.74) is 22.0. The molecule has 0 saturated carbocycles. The van der Waals surface area contributed by atoms with Crippen molar-refractivity contribution in [1.29, 1.82) is 0 Å². The summed E-state index contributed by atoms with van der Waals surface area (Å²) >= 11 is 0. The monoisotopic (exact) mass is 841 g/mol. The van der Waals surface area contributed by atoms with Gasteiger partial charge in [0.15, 0.2) is 5.96 Å². The summed E-state index contributed by atoms with van der Waals surface area (Å²) in [6.07, 6.45) is -3.92. The summed E-state index contributed by atoms with van der Waals surface area (Å²) in [4.78, 5) is 106. The Kier molecular flexibility index (Phi) is 24.9. The van der Waals surface area contributed by atoms with Crippen molar-refractivity contribution in [3.05, 3.63) is 0 Å². The second-order valence-electron chi connectivity index (χ2n) is 13.6. The lowest BCUT2D eigenvalue weighted by Crippen LogP contribution is -2.62. The molecule has 25 heteroatoms. The van der Waals surface area contributed by atoms with Gasteiger partial charge >= 0.3 is 18.1 Å². The van der Waals surface area contributed by atoms with Crippen LogP contribution in [0, 0.1) is 5.92 Å². The number of aliphatic carboxylic acids is 2. The number of carboxylic acid groups (broad SMARTS) is 2. The summed E-state index contributed by atoms with van der Waals surface area (Å²) in [5, 5.41) is 41.7. The maximum Gasteiger partial charge on any atom is 0.490 e. The van der Waals surface area contributed by atoms with Crippen molar-refractivity contribution in [3.8, 4) is 0 Å². The number of carboxylic acids is 2. The van der Waals surface area contributed by atoms with Crippen LogP contribution in [0.5, 0.6) is 0 Å². The number of aliphatic hydroxyl groups excluding tert-OH is 1. The largest absolute Gasteiger partial charge is 0.490 e. The number of nitrogens with one attached hydrogen (secondary N) is 6. The molecule has 0 radical (unpaired) electrons. The molecule has 6 amide bonds. The van der Waals surface area contributed by atoms with Crippen LogP contribution < -0.4 is 54.8 Å². The van der Waals surface area contributed by atoms with Gasteiger partial charge in [0.05, 0.1) is 13.0 Å². The topological polar surface area (TPSA) is 386 Å². The Morgan fingerprint density at radius 1 is 0.638 bits per heavy atom. The SMILES string of the molecule is CC(C)C[C@@H]1NC(=O)[C@H](CCCN=C(N)N)NC(=O)[C@H](CCCCN)NC(=O)[C@H](CC(=O)O)NC(=O)[C@H](CCCCN)NC(=O)[C@@H](CO)NC1=O.O=C(O)C(F)(F)F. The van der Waals surface area contributed by atoms with Gasteiger partial charge in [-0.05, 0) is 76.8 Å². The number of nitrogens with two attached hydrogens (primary N) is 4. The zero-order valence-corrected chi connectivity index (χ0v) is 32.4. The number of guanidine groups is 1. The van der Waals surface area contributed by atoms with E-state index >= 15 is 0 Å². The van der Waals surface area contributed by atoms with E-state index in [2.05, 4.69) is 36.9 Å². The van der Waals surface area contributed by atoms with E-state index < -0.39 is 103 Å². The number of aliphatic hydroxyl groups is 1. The van der Waals surface area contributed by atoms with Crippen LogP contribution in [0.15, 0.2) is 4.99 Å². The molecule has 1 rings (SSSR count). The minimum atomic E-state index is -5.08. The fourth-order valence-electron chi connectivity index (χ4n) is 5.21. The molecule has 1 aliphatic heterocycles. The van der Waals surface area contributed by atoms with Gasteiger partial charge in [-0.3, -0.25) is 38.6 Å². The van der Waals surface area contributed by atoms with Gasteiger partial charge in [0.2, 0.25) is 35.4 Å². The third-order valence-corrected chi connectivity index (χ3v) is 8.15. The fourth-order valence-corrected chi connectivity index (χ4v) is 5.21. The van der Waals surface area contributed by atoms with Crippen molar-refractivity contribution in [2.75, 3.05) is 26.2 Å². The highest BCUT2D eigenvalue weighted by Gasteiger charge is 2.38. The second-order valence-corrected chi connectivity index (χ2v) is 13.6. The number of amides is 6. The molecule has 0 aromatic carbocycles. The van der Waals surface area contributed by atoms with Gasteiger partial charge < -0.3 is 70.2 Å². The van der Waals surface area contributed by atoms with Crippen molar-refractivity contribution in [3.63, 3.8) is 0 Å². The van der Waals surface area contributed by atoms with Crippen LogP contribution >= 0.6 is 0 Å². The third-order valence-electron chi connectivity index (χ3n) is 8.15. The lowest BCUT2D eigenvalue weighted by Gasteiger charge is -2.29. The van der Waals surface area contributed by atoms with Crippen molar-refractivity contribution in [1.82, 2.24) is 31.9 Å². The standard InChI is InChI=1S/C31H57N11O9.C2HF3O2/c1-17(2)14-21-28(49)42-23(16-43)30(51)39-19(9-4-6-12-33)26(47)41-22(15-24(44)45)29(50)38-18(8-3-5-11-32)25(46)37-20(27(48)40-21)10-7-13-36-31(34)35;3-2(4,5)1(6)7/h17-23,43H,3-16,32-33H2,1-2H3,(H,37,46)(H,38,50)(H,39,51)(H,40,48)(H,41,47)(H,42,49)(H,44,45)(H4,34,35,36);(H,6,7)/t18-,19-,20-,21-,22-,23+;/m0./s1. The van der Waals surface area contributed by atoms with Gasteiger partial charge in [-0.15, -0.1) is 0 Å². The summed E-state index contributed by atoms with van der Waals surface area (Å²) in [6, 6.07) is -8.33. The van der Waals surface area contributed by atoms with Crippen LogP contribution in [0.3, 0.4) is 0 Å². The Balaban J connectivity index is 0.00000422. The molecule has 0 aliphatic carbocycles. The summed E-state index contributed by atoms with van der Waals surface area (Å²) < 4.78 is 31.7. The summed E-state index contributed by atoms with van der Waals surface area (Å²) in [6.45, 7) is 3.37. The molecule has 1 heterocycles. The summed E-state index contributed by atoms with van der Waals surface area (Å²) in [5.74, 6) is -9.74. The number of rotatable bonds is 17. The molecule has 332 valence electrons. The van der Waals surface area contributed by atoms with Crippen LogP contribution in [0.2, 0.25) is 0 Å². The van der Waals surface area contributed by atoms with Gasteiger partial charge in [-0.1, -0.05) is 13.8 Å². The van der Waals surface area contributed by atoms with Crippen molar-refractivity contribution >= 4 is 53.3 Å². The third kappa shape index (κ3) is 21.9. The lowest BCUT2D eigenvalue weighted by molar-refractivity contribution is -0.192. The molecule has 6 atom stereocenters. The minimum absolute atomic E-state index is 0.00124. The maximum atomic E-state index is 13.7.